The van der Waals surface area contributed by atoms with Crippen molar-refractivity contribution < 1.29 is 4.74 Å². The van der Waals surface area contributed by atoms with E-state index in [1.807, 2.05) is 25.3 Å². The van der Waals surface area contributed by atoms with E-state index in [9.17, 15) is 0 Å². The minimum atomic E-state index is 0.755. The average Bonchev–Trinajstić information content (AvgIpc) is 2.84. The molecule has 1 aromatic carbocycles. The Labute approximate surface area is 121 Å². The minimum Gasteiger partial charge on any atom is -0.493 e. The molecule has 4 heteroatoms. The minimum absolute atomic E-state index is 0.755. The second kappa shape index (κ2) is 5.21. The third-order valence-corrected chi connectivity index (χ3v) is 3.66. The van der Waals surface area contributed by atoms with E-state index in [2.05, 4.69) is 38.4 Å². The number of ether oxygens (including phenoxy) is 1. The van der Waals surface area contributed by atoms with Gasteiger partial charge in [0.25, 0.3) is 0 Å². The summed E-state index contributed by atoms with van der Waals surface area (Å²) in [6.45, 7) is 3.53. The highest BCUT2D eigenvalue weighted by atomic mass is 79.9. The number of pyridine rings is 1. The summed E-state index contributed by atoms with van der Waals surface area (Å²) < 4.78 is 6.83. The summed E-state index contributed by atoms with van der Waals surface area (Å²) in [6, 6.07) is 8.28. The van der Waals surface area contributed by atoms with E-state index in [1.165, 1.54) is 11.1 Å². The normalized spacial score (nSPS) is 12.9. The summed E-state index contributed by atoms with van der Waals surface area (Å²) in [7, 11) is 0. The van der Waals surface area contributed by atoms with Crippen LogP contribution >= 0.6 is 15.9 Å². The lowest BCUT2D eigenvalue weighted by Gasteiger charge is -2.11. The number of nitrogens with zero attached hydrogens (tertiary/aromatic N) is 1. The first-order chi connectivity index (χ1) is 9.22. The number of anilines is 1. The van der Waals surface area contributed by atoms with Gasteiger partial charge in [0, 0.05) is 40.6 Å². The molecule has 0 spiro atoms. The van der Waals surface area contributed by atoms with Crippen LogP contribution in [0.3, 0.4) is 0 Å². The molecule has 3 nitrogen and oxygen atoms in total. The van der Waals surface area contributed by atoms with Gasteiger partial charge in [0.15, 0.2) is 0 Å². The molecular weight excluding hydrogens is 304 g/mol. The number of halogens is 1. The standard InChI is InChI=1S/C15H15BrN2O/c1-10-6-14(2-4-17-10)18-9-12-8-13(16)7-11-3-5-19-15(11)12/h2,4,6-8H,3,5,9H2,1H3,(H,17,18). The molecule has 2 aromatic rings. The van der Waals surface area contributed by atoms with Crippen LogP contribution in [0.25, 0.3) is 0 Å². The molecule has 0 unspecified atom stereocenters. The molecular formula is C15H15BrN2O. The molecule has 1 aliphatic rings. The van der Waals surface area contributed by atoms with Crippen LogP contribution in [-0.2, 0) is 13.0 Å². The smallest absolute Gasteiger partial charge is 0.127 e. The van der Waals surface area contributed by atoms with Crippen molar-refractivity contribution in [3.63, 3.8) is 0 Å². The molecule has 0 saturated heterocycles. The summed E-state index contributed by atoms with van der Waals surface area (Å²) in [4.78, 5) is 4.19. The number of benzene rings is 1. The Hall–Kier alpha value is -1.55. The van der Waals surface area contributed by atoms with Gasteiger partial charge in [-0.05, 0) is 36.8 Å². The van der Waals surface area contributed by atoms with Crippen LogP contribution in [0.5, 0.6) is 5.75 Å². The van der Waals surface area contributed by atoms with Crippen LogP contribution in [0.1, 0.15) is 16.8 Å². The summed E-state index contributed by atoms with van der Waals surface area (Å²) in [5, 5.41) is 3.42. The van der Waals surface area contributed by atoms with Crippen LogP contribution in [-0.4, -0.2) is 11.6 Å². The largest absolute Gasteiger partial charge is 0.493 e. The third kappa shape index (κ3) is 2.73. The van der Waals surface area contributed by atoms with Gasteiger partial charge in [-0.25, -0.2) is 0 Å². The van der Waals surface area contributed by atoms with Crippen LogP contribution in [0.2, 0.25) is 0 Å². The lowest BCUT2D eigenvalue weighted by Crippen LogP contribution is -2.02. The number of rotatable bonds is 3. The predicted molar refractivity (Wildman–Crippen MR) is 79.6 cm³/mol. The Kier molecular flexibility index (Phi) is 3.42. The van der Waals surface area contributed by atoms with Gasteiger partial charge in [0.1, 0.15) is 5.75 Å². The molecule has 0 aliphatic carbocycles. The summed E-state index contributed by atoms with van der Waals surface area (Å²) in [6.07, 6.45) is 2.82. The highest BCUT2D eigenvalue weighted by Crippen LogP contribution is 2.33. The van der Waals surface area contributed by atoms with Gasteiger partial charge in [0.2, 0.25) is 0 Å². The Bertz CT molecular complexity index is 613. The number of nitrogens with one attached hydrogen (secondary N) is 1. The molecule has 0 fully saturated rings. The zero-order chi connectivity index (χ0) is 13.2. The second-order valence-corrected chi connectivity index (χ2v) is 5.61. The Morgan fingerprint density at radius 2 is 2.26 bits per heavy atom. The molecule has 3 rings (SSSR count). The fourth-order valence-corrected chi connectivity index (χ4v) is 2.88. The first-order valence-electron chi connectivity index (χ1n) is 6.33. The third-order valence-electron chi connectivity index (χ3n) is 3.20. The lowest BCUT2D eigenvalue weighted by atomic mass is 10.1. The number of hydrogen-bond donors (Lipinski definition) is 1. The van der Waals surface area contributed by atoms with Crippen molar-refractivity contribution in [2.45, 2.75) is 19.9 Å². The lowest BCUT2D eigenvalue weighted by molar-refractivity contribution is 0.354. The highest BCUT2D eigenvalue weighted by Gasteiger charge is 2.17. The summed E-state index contributed by atoms with van der Waals surface area (Å²) in [5.74, 6) is 1.04. The van der Waals surface area contributed by atoms with Crippen molar-refractivity contribution in [3.05, 3.63) is 51.8 Å². The second-order valence-electron chi connectivity index (χ2n) is 4.69. The van der Waals surface area contributed by atoms with E-state index < -0.39 is 0 Å². The van der Waals surface area contributed by atoms with Crippen molar-refractivity contribution in [2.24, 2.45) is 0 Å². The maximum Gasteiger partial charge on any atom is 0.127 e. The number of aryl methyl sites for hydroxylation is 1. The average molecular weight is 319 g/mol. The summed E-state index contributed by atoms with van der Waals surface area (Å²) >= 11 is 3.56. The van der Waals surface area contributed by atoms with Crippen molar-refractivity contribution in [1.29, 1.82) is 0 Å². The molecule has 2 heterocycles. The predicted octanol–water partition coefficient (Wildman–Crippen LogP) is 3.70. The van der Waals surface area contributed by atoms with Crippen molar-refractivity contribution >= 4 is 21.6 Å². The van der Waals surface area contributed by atoms with Crippen LogP contribution in [0, 0.1) is 6.92 Å². The Morgan fingerprint density at radius 1 is 1.37 bits per heavy atom. The molecule has 19 heavy (non-hydrogen) atoms. The van der Waals surface area contributed by atoms with Crippen molar-refractivity contribution in [3.8, 4) is 5.75 Å². The molecule has 0 saturated carbocycles. The monoisotopic (exact) mass is 318 g/mol. The Balaban J connectivity index is 1.81. The van der Waals surface area contributed by atoms with Gasteiger partial charge in [0.05, 0.1) is 6.61 Å². The maximum atomic E-state index is 5.72. The van der Waals surface area contributed by atoms with E-state index in [-0.39, 0.29) is 0 Å². The van der Waals surface area contributed by atoms with Crippen molar-refractivity contribution in [1.82, 2.24) is 4.98 Å². The van der Waals surface area contributed by atoms with E-state index in [0.29, 0.717) is 0 Å². The highest BCUT2D eigenvalue weighted by molar-refractivity contribution is 9.10. The SMILES string of the molecule is Cc1cc(NCc2cc(Br)cc3c2OCC3)ccn1. The van der Waals surface area contributed by atoms with Gasteiger partial charge < -0.3 is 10.1 Å². The molecule has 0 amide bonds. The quantitative estimate of drug-likeness (QED) is 0.937. The van der Waals surface area contributed by atoms with Gasteiger partial charge in [-0.1, -0.05) is 15.9 Å². The molecule has 0 atom stereocenters. The van der Waals surface area contributed by atoms with Crippen LogP contribution in [0.4, 0.5) is 5.69 Å². The molecule has 0 radical (unpaired) electrons. The van der Waals surface area contributed by atoms with Gasteiger partial charge in [-0.15, -0.1) is 0 Å². The van der Waals surface area contributed by atoms with E-state index >= 15 is 0 Å². The first kappa shape index (κ1) is 12.5. The number of hydrogen-bond acceptors (Lipinski definition) is 3. The molecule has 1 N–H and O–H groups in total. The van der Waals surface area contributed by atoms with Crippen molar-refractivity contribution in [2.75, 3.05) is 11.9 Å². The van der Waals surface area contributed by atoms with E-state index in [1.54, 1.807) is 0 Å². The maximum absolute atomic E-state index is 5.72. The fraction of sp³-hybridized carbons (Fsp3) is 0.267. The fourth-order valence-electron chi connectivity index (χ4n) is 2.33. The van der Waals surface area contributed by atoms with Gasteiger partial charge in [-0.3, -0.25) is 4.98 Å². The van der Waals surface area contributed by atoms with Crippen LogP contribution < -0.4 is 10.1 Å². The zero-order valence-corrected chi connectivity index (χ0v) is 12.3. The van der Waals surface area contributed by atoms with Crippen LogP contribution in [0.15, 0.2) is 34.9 Å². The molecule has 98 valence electrons. The number of aromatic nitrogens is 1. The first-order valence-corrected chi connectivity index (χ1v) is 7.12. The van der Waals surface area contributed by atoms with E-state index in [0.717, 1.165) is 41.2 Å². The van der Waals surface area contributed by atoms with Gasteiger partial charge >= 0.3 is 0 Å². The van der Waals surface area contributed by atoms with E-state index in [4.69, 9.17) is 4.74 Å². The summed E-state index contributed by atoms with van der Waals surface area (Å²) in [5.41, 5.74) is 4.58. The Morgan fingerprint density at radius 3 is 3.11 bits per heavy atom. The zero-order valence-electron chi connectivity index (χ0n) is 10.7. The molecule has 0 bridgehead atoms. The number of fused-ring (bicyclic) bond motifs is 1. The topological polar surface area (TPSA) is 34.1 Å². The molecule has 1 aromatic heterocycles. The molecule has 1 aliphatic heterocycles. The van der Waals surface area contributed by atoms with Gasteiger partial charge in [-0.2, -0.15) is 0 Å².